The molecule has 1 aliphatic heterocycles. The number of piperazine rings is 1. The van der Waals surface area contributed by atoms with E-state index in [9.17, 15) is 9.18 Å². The SMILES string of the molecule is O=C(c1c(F)cccc1Cl)N1CCN(c2ncc(Br)cn2)CC1. The van der Waals surface area contributed by atoms with Crippen molar-refractivity contribution < 1.29 is 9.18 Å². The van der Waals surface area contributed by atoms with Gasteiger partial charge in [-0.1, -0.05) is 17.7 Å². The van der Waals surface area contributed by atoms with Gasteiger partial charge in [0.25, 0.3) is 5.91 Å². The van der Waals surface area contributed by atoms with Crippen LogP contribution in [0.25, 0.3) is 0 Å². The molecule has 0 radical (unpaired) electrons. The molecule has 3 rings (SSSR count). The first-order chi connectivity index (χ1) is 11.1. The van der Waals surface area contributed by atoms with Gasteiger partial charge in [0, 0.05) is 38.6 Å². The van der Waals surface area contributed by atoms with Gasteiger partial charge in [0.1, 0.15) is 5.82 Å². The molecule has 23 heavy (non-hydrogen) atoms. The number of aromatic nitrogens is 2. The van der Waals surface area contributed by atoms with Gasteiger partial charge in [0.05, 0.1) is 15.1 Å². The third-order valence-electron chi connectivity index (χ3n) is 3.63. The highest BCUT2D eigenvalue weighted by molar-refractivity contribution is 9.10. The van der Waals surface area contributed by atoms with Crippen molar-refractivity contribution in [1.82, 2.24) is 14.9 Å². The fourth-order valence-electron chi connectivity index (χ4n) is 2.44. The van der Waals surface area contributed by atoms with Crippen molar-refractivity contribution in [2.24, 2.45) is 0 Å². The van der Waals surface area contributed by atoms with Crippen LogP contribution in [0.3, 0.4) is 0 Å². The number of carbonyl (C=O) groups excluding carboxylic acids is 1. The summed E-state index contributed by atoms with van der Waals surface area (Å²) in [6.45, 7) is 2.09. The van der Waals surface area contributed by atoms with Crippen molar-refractivity contribution in [2.75, 3.05) is 31.1 Å². The molecule has 0 atom stereocenters. The normalized spacial score (nSPS) is 14.9. The number of hydrogen-bond donors (Lipinski definition) is 0. The number of halogens is 3. The van der Waals surface area contributed by atoms with Crippen LogP contribution in [-0.2, 0) is 0 Å². The summed E-state index contributed by atoms with van der Waals surface area (Å²) < 4.78 is 14.7. The van der Waals surface area contributed by atoms with E-state index in [0.29, 0.717) is 32.1 Å². The van der Waals surface area contributed by atoms with Crippen LogP contribution in [-0.4, -0.2) is 47.0 Å². The Morgan fingerprint density at radius 2 is 1.83 bits per heavy atom. The topological polar surface area (TPSA) is 49.3 Å². The minimum Gasteiger partial charge on any atom is -0.337 e. The van der Waals surface area contributed by atoms with E-state index in [4.69, 9.17) is 11.6 Å². The van der Waals surface area contributed by atoms with Crippen molar-refractivity contribution in [3.05, 3.63) is 51.5 Å². The van der Waals surface area contributed by atoms with Gasteiger partial charge in [0.15, 0.2) is 0 Å². The van der Waals surface area contributed by atoms with Crippen LogP contribution in [0.2, 0.25) is 5.02 Å². The molecule has 2 aromatic rings. The molecule has 1 aromatic carbocycles. The number of anilines is 1. The summed E-state index contributed by atoms with van der Waals surface area (Å²) in [5.41, 5.74) is -0.0671. The molecular weight excluding hydrogens is 387 g/mol. The summed E-state index contributed by atoms with van der Waals surface area (Å²) in [5, 5.41) is 0.133. The monoisotopic (exact) mass is 398 g/mol. The smallest absolute Gasteiger partial charge is 0.258 e. The van der Waals surface area contributed by atoms with Gasteiger partial charge >= 0.3 is 0 Å². The second-order valence-electron chi connectivity index (χ2n) is 5.08. The lowest BCUT2D eigenvalue weighted by atomic mass is 10.1. The predicted octanol–water partition coefficient (Wildman–Crippen LogP) is 2.99. The Morgan fingerprint density at radius 1 is 1.17 bits per heavy atom. The summed E-state index contributed by atoms with van der Waals surface area (Å²) >= 11 is 9.25. The van der Waals surface area contributed by atoms with Crippen LogP contribution in [0.4, 0.5) is 10.3 Å². The standard InChI is InChI=1S/C15H13BrClFN4O/c16-10-8-19-15(20-9-10)22-6-4-21(5-7-22)14(23)13-11(17)2-1-3-12(13)18/h1-3,8-9H,4-7H2. The molecule has 0 spiro atoms. The van der Waals surface area contributed by atoms with Crippen LogP contribution in [0.1, 0.15) is 10.4 Å². The average Bonchev–Trinajstić information content (AvgIpc) is 2.55. The van der Waals surface area contributed by atoms with E-state index in [0.717, 1.165) is 4.47 Å². The molecule has 1 aromatic heterocycles. The maximum Gasteiger partial charge on any atom is 0.258 e. The van der Waals surface area contributed by atoms with Crippen molar-refractivity contribution in [2.45, 2.75) is 0 Å². The number of benzene rings is 1. The Morgan fingerprint density at radius 3 is 2.43 bits per heavy atom. The van der Waals surface area contributed by atoms with Gasteiger partial charge in [0.2, 0.25) is 5.95 Å². The van der Waals surface area contributed by atoms with Crippen molar-refractivity contribution in [3.63, 3.8) is 0 Å². The second-order valence-corrected chi connectivity index (χ2v) is 6.40. The first kappa shape index (κ1) is 16.1. The molecule has 5 nitrogen and oxygen atoms in total. The molecule has 8 heteroatoms. The number of carbonyl (C=O) groups is 1. The summed E-state index contributed by atoms with van der Waals surface area (Å²) in [7, 11) is 0. The summed E-state index contributed by atoms with van der Waals surface area (Å²) in [6, 6.07) is 4.24. The van der Waals surface area contributed by atoms with Gasteiger partial charge in [-0.15, -0.1) is 0 Å². The molecule has 120 valence electrons. The first-order valence-electron chi connectivity index (χ1n) is 7.02. The van der Waals surface area contributed by atoms with Crippen molar-refractivity contribution >= 4 is 39.4 Å². The molecule has 0 aliphatic carbocycles. The molecule has 0 unspecified atom stereocenters. The molecule has 1 amide bonds. The minimum atomic E-state index is -0.596. The molecule has 1 saturated heterocycles. The largest absolute Gasteiger partial charge is 0.337 e. The number of hydrogen-bond acceptors (Lipinski definition) is 4. The zero-order valence-electron chi connectivity index (χ0n) is 12.0. The van der Waals surface area contributed by atoms with Crippen molar-refractivity contribution in [1.29, 1.82) is 0 Å². The van der Waals surface area contributed by atoms with Crippen LogP contribution >= 0.6 is 27.5 Å². The van der Waals surface area contributed by atoms with E-state index < -0.39 is 5.82 Å². The third-order valence-corrected chi connectivity index (χ3v) is 4.36. The maximum atomic E-state index is 13.9. The third kappa shape index (κ3) is 3.45. The predicted molar refractivity (Wildman–Crippen MR) is 89.3 cm³/mol. The lowest BCUT2D eigenvalue weighted by Crippen LogP contribution is -2.49. The van der Waals surface area contributed by atoms with Gasteiger partial charge in [-0.05, 0) is 28.1 Å². The van der Waals surface area contributed by atoms with E-state index in [1.165, 1.54) is 18.2 Å². The number of rotatable bonds is 2. The zero-order chi connectivity index (χ0) is 16.4. The maximum absolute atomic E-state index is 13.9. The van der Waals surface area contributed by atoms with E-state index in [1.807, 2.05) is 4.90 Å². The van der Waals surface area contributed by atoms with E-state index in [1.54, 1.807) is 17.3 Å². The van der Waals surface area contributed by atoms with E-state index in [2.05, 4.69) is 25.9 Å². The van der Waals surface area contributed by atoms with Gasteiger partial charge in [-0.2, -0.15) is 0 Å². The average molecular weight is 400 g/mol. The van der Waals surface area contributed by atoms with Crippen LogP contribution in [0.5, 0.6) is 0 Å². The molecule has 0 bridgehead atoms. The molecule has 1 aliphatic rings. The molecule has 1 fully saturated rings. The van der Waals surface area contributed by atoms with E-state index >= 15 is 0 Å². The molecule has 0 N–H and O–H groups in total. The molecule has 2 heterocycles. The number of nitrogens with zero attached hydrogens (tertiary/aromatic N) is 4. The van der Waals surface area contributed by atoms with Gasteiger partial charge < -0.3 is 9.80 Å². The molecule has 0 saturated carbocycles. The second kappa shape index (κ2) is 6.80. The minimum absolute atomic E-state index is 0.0671. The Labute approximate surface area is 146 Å². The number of amides is 1. The van der Waals surface area contributed by atoms with Crippen LogP contribution in [0.15, 0.2) is 35.1 Å². The Hall–Kier alpha value is -1.73. The van der Waals surface area contributed by atoms with Crippen molar-refractivity contribution in [3.8, 4) is 0 Å². The summed E-state index contributed by atoms with van der Waals surface area (Å²) in [4.78, 5) is 24.5. The summed E-state index contributed by atoms with van der Waals surface area (Å²) in [5.74, 6) is -0.366. The highest BCUT2D eigenvalue weighted by atomic mass is 79.9. The van der Waals surface area contributed by atoms with Gasteiger partial charge in [-0.3, -0.25) is 4.79 Å². The Bertz CT molecular complexity index is 700. The summed E-state index contributed by atoms with van der Waals surface area (Å²) in [6.07, 6.45) is 3.36. The lowest BCUT2D eigenvalue weighted by Gasteiger charge is -2.34. The fraction of sp³-hybridized carbons (Fsp3) is 0.267. The first-order valence-corrected chi connectivity index (χ1v) is 8.19. The van der Waals surface area contributed by atoms with Gasteiger partial charge in [-0.25, -0.2) is 14.4 Å². The highest BCUT2D eigenvalue weighted by Crippen LogP contribution is 2.22. The highest BCUT2D eigenvalue weighted by Gasteiger charge is 2.26. The Balaban J connectivity index is 1.69. The quantitative estimate of drug-likeness (QED) is 0.779. The fourth-order valence-corrected chi connectivity index (χ4v) is 2.89. The van der Waals surface area contributed by atoms with Crippen LogP contribution < -0.4 is 4.90 Å². The zero-order valence-corrected chi connectivity index (χ0v) is 14.4. The Kier molecular flexibility index (Phi) is 4.77. The van der Waals surface area contributed by atoms with E-state index in [-0.39, 0.29) is 16.5 Å². The lowest BCUT2D eigenvalue weighted by molar-refractivity contribution is 0.0741. The molecular formula is C15H13BrClFN4O. The van der Waals surface area contributed by atoms with Crippen LogP contribution in [0, 0.1) is 5.82 Å².